The lowest BCUT2D eigenvalue weighted by molar-refractivity contribution is -0.143. The summed E-state index contributed by atoms with van der Waals surface area (Å²) in [5, 5.41) is 21.7. The van der Waals surface area contributed by atoms with Crippen molar-refractivity contribution in [3.63, 3.8) is 0 Å². The van der Waals surface area contributed by atoms with Gasteiger partial charge in [-0.3, -0.25) is 14.4 Å². The molecule has 0 radical (unpaired) electrons. The zero-order valence-electron chi connectivity index (χ0n) is 11.3. The maximum atomic E-state index is 11.5. The fraction of sp³-hybridized carbons (Fsp3) is 0.636. The Bertz CT molecular complexity index is 396. The van der Waals surface area contributed by atoms with E-state index < -0.39 is 48.8 Å². The Balaban J connectivity index is 4.25. The Morgan fingerprint density at radius 3 is 2.10 bits per heavy atom. The van der Waals surface area contributed by atoms with Gasteiger partial charge in [-0.1, -0.05) is 13.8 Å². The average molecular weight is 289 g/mol. The molecule has 0 spiro atoms. The van der Waals surface area contributed by atoms with E-state index in [0.29, 0.717) is 0 Å². The van der Waals surface area contributed by atoms with Crippen molar-refractivity contribution in [2.24, 2.45) is 11.7 Å². The molecule has 2 amide bonds. The molecule has 114 valence electrons. The first kappa shape index (κ1) is 17.8. The van der Waals surface area contributed by atoms with E-state index in [4.69, 9.17) is 15.9 Å². The molecule has 20 heavy (non-hydrogen) atoms. The standard InChI is InChI=1S/C11H19N3O6/c1-5(2)9(11(19)20)14-7(15)4-13-10(18)6(12)3-8(16)17/h5-6,9H,3-4,12H2,1-2H3,(H,13,18)(H,14,15)(H,16,17)(H,19,20)/t6-,9-/m0/s1. The van der Waals surface area contributed by atoms with Crippen LogP contribution in [0.3, 0.4) is 0 Å². The summed E-state index contributed by atoms with van der Waals surface area (Å²) in [5.74, 6) is -4.22. The summed E-state index contributed by atoms with van der Waals surface area (Å²) < 4.78 is 0. The van der Waals surface area contributed by atoms with Gasteiger partial charge in [0.05, 0.1) is 19.0 Å². The molecule has 0 aromatic rings. The monoisotopic (exact) mass is 289 g/mol. The topological polar surface area (TPSA) is 159 Å². The van der Waals surface area contributed by atoms with Gasteiger partial charge in [0.15, 0.2) is 0 Å². The van der Waals surface area contributed by atoms with Gasteiger partial charge in [0, 0.05) is 0 Å². The van der Waals surface area contributed by atoms with Crippen LogP contribution in [0.15, 0.2) is 0 Å². The number of carboxylic acid groups (broad SMARTS) is 2. The molecule has 0 fully saturated rings. The maximum absolute atomic E-state index is 11.5. The first-order chi connectivity index (χ1) is 9.15. The van der Waals surface area contributed by atoms with Gasteiger partial charge in [0.2, 0.25) is 11.8 Å². The zero-order valence-corrected chi connectivity index (χ0v) is 11.3. The molecule has 9 nitrogen and oxygen atoms in total. The van der Waals surface area contributed by atoms with Gasteiger partial charge >= 0.3 is 11.9 Å². The molecule has 0 saturated carbocycles. The van der Waals surface area contributed by atoms with Crippen LogP contribution in [0.2, 0.25) is 0 Å². The van der Waals surface area contributed by atoms with E-state index in [0.717, 1.165) is 0 Å². The highest BCUT2D eigenvalue weighted by Gasteiger charge is 2.24. The van der Waals surface area contributed by atoms with Crippen LogP contribution in [0, 0.1) is 5.92 Å². The summed E-state index contributed by atoms with van der Waals surface area (Å²) >= 11 is 0. The van der Waals surface area contributed by atoms with Crippen molar-refractivity contribution in [3.8, 4) is 0 Å². The molecule has 0 saturated heterocycles. The highest BCUT2D eigenvalue weighted by atomic mass is 16.4. The number of nitrogens with two attached hydrogens (primary N) is 1. The number of carboxylic acids is 2. The second-order valence-corrected chi connectivity index (χ2v) is 4.55. The summed E-state index contributed by atoms with van der Waals surface area (Å²) in [6.07, 6.45) is -0.558. The van der Waals surface area contributed by atoms with Gasteiger partial charge in [-0.2, -0.15) is 0 Å². The highest BCUT2D eigenvalue weighted by Crippen LogP contribution is 2.01. The van der Waals surface area contributed by atoms with E-state index in [1.807, 2.05) is 0 Å². The normalized spacial score (nSPS) is 13.4. The highest BCUT2D eigenvalue weighted by molar-refractivity contribution is 5.90. The SMILES string of the molecule is CC(C)[C@H](NC(=O)CNC(=O)[C@@H](N)CC(=O)O)C(=O)O. The smallest absolute Gasteiger partial charge is 0.326 e. The minimum Gasteiger partial charge on any atom is -0.481 e. The average Bonchev–Trinajstić information content (AvgIpc) is 2.31. The molecule has 0 aromatic carbocycles. The fourth-order valence-corrected chi connectivity index (χ4v) is 1.32. The molecule has 0 unspecified atom stereocenters. The summed E-state index contributed by atoms with van der Waals surface area (Å²) in [4.78, 5) is 44.0. The number of rotatable bonds is 8. The van der Waals surface area contributed by atoms with Gasteiger partial charge in [-0.15, -0.1) is 0 Å². The Hall–Kier alpha value is -2.16. The lowest BCUT2D eigenvalue weighted by Gasteiger charge is -2.18. The first-order valence-electron chi connectivity index (χ1n) is 5.92. The van der Waals surface area contributed by atoms with Crippen molar-refractivity contribution in [2.45, 2.75) is 32.4 Å². The Morgan fingerprint density at radius 1 is 1.15 bits per heavy atom. The molecule has 0 bridgehead atoms. The van der Waals surface area contributed by atoms with Crippen molar-refractivity contribution in [1.82, 2.24) is 10.6 Å². The number of carbonyl (C=O) groups excluding carboxylic acids is 2. The van der Waals surface area contributed by atoms with Crippen molar-refractivity contribution in [2.75, 3.05) is 6.54 Å². The summed E-state index contributed by atoms with van der Waals surface area (Å²) in [6, 6.07) is -2.33. The van der Waals surface area contributed by atoms with E-state index in [1.54, 1.807) is 13.8 Å². The maximum Gasteiger partial charge on any atom is 0.326 e. The predicted molar refractivity (Wildman–Crippen MR) is 67.6 cm³/mol. The van der Waals surface area contributed by atoms with Crippen molar-refractivity contribution in [1.29, 1.82) is 0 Å². The lowest BCUT2D eigenvalue weighted by atomic mass is 10.1. The van der Waals surface area contributed by atoms with Gasteiger partial charge < -0.3 is 26.6 Å². The number of nitrogens with one attached hydrogen (secondary N) is 2. The zero-order chi connectivity index (χ0) is 15.9. The third-order valence-corrected chi connectivity index (χ3v) is 2.40. The van der Waals surface area contributed by atoms with Crippen LogP contribution in [0.1, 0.15) is 20.3 Å². The van der Waals surface area contributed by atoms with Crippen molar-refractivity contribution in [3.05, 3.63) is 0 Å². The van der Waals surface area contributed by atoms with Crippen LogP contribution in [-0.2, 0) is 19.2 Å². The van der Waals surface area contributed by atoms with Crippen LogP contribution in [0.5, 0.6) is 0 Å². The molecule has 0 aliphatic heterocycles. The molecule has 6 N–H and O–H groups in total. The minimum absolute atomic E-state index is 0.318. The van der Waals surface area contributed by atoms with Crippen molar-refractivity contribution >= 4 is 23.8 Å². The Labute approximate surface area is 115 Å². The number of aliphatic carboxylic acids is 2. The second-order valence-electron chi connectivity index (χ2n) is 4.55. The third-order valence-electron chi connectivity index (χ3n) is 2.40. The number of carbonyl (C=O) groups is 4. The van der Waals surface area contributed by atoms with Crippen molar-refractivity contribution < 1.29 is 29.4 Å². The van der Waals surface area contributed by atoms with Crippen LogP contribution in [0.4, 0.5) is 0 Å². The minimum atomic E-state index is -1.26. The summed E-state index contributed by atoms with van der Waals surface area (Å²) in [6.45, 7) is 2.78. The van der Waals surface area contributed by atoms with Crippen LogP contribution in [-0.4, -0.2) is 52.6 Å². The number of amides is 2. The third kappa shape index (κ3) is 6.69. The van der Waals surface area contributed by atoms with Crippen LogP contribution in [0.25, 0.3) is 0 Å². The van der Waals surface area contributed by atoms with E-state index in [-0.39, 0.29) is 5.92 Å². The lowest BCUT2D eigenvalue weighted by Crippen LogP contribution is -2.50. The molecular formula is C11H19N3O6. The first-order valence-corrected chi connectivity index (χ1v) is 5.92. The van der Waals surface area contributed by atoms with Crippen LogP contribution >= 0.6 is 0 Å². The van der Waals surface area contributed by atoms with Crippen LogP contribution < -0.4 is 16.4 Å². The molecule has 0 rings (SSSR count). The predicted octanol–water partition coefficient (Wildman–Crippen LogP) is -1.87. The molecular weight excluding hydrogens is 270 g/mol. The largest absolute Gasteiger partial charge is 0.481 e. The number of hydrogen-bond donors (Lipinski definition) is 5. The molecule has 0 heterocycles. The quantitative estimate of drug-likeness (QED) is 0.350. The number of hydrogen-bond acceptors (Lipinski definition) is 5. The molecule has 0 aliphatic carbocycles. The molecule has 0 aromatic heterocycles. The molecule has 2 atom stereocenters. The van der Waals surface area contributed by atoms with Gasteiger partial charge in [0.1, 0.15) is 6.04 Å². The van der Waals surface area contributed by atoms with Gasteiger partial charge in [0.25, 0.3) is 0 Å². The van der Waals surface area contributed by atoms with E-state index in [9.17, 15) is 19.2 Å². The Kier molecular flexibility index (Phi) is 7.22. The van der Waals surface area contributed by atoms with Gasteiger partial charge in [-0.05, 0) is 5.92 Å². The van der Waals surface area contributed by atoms with Gasteiger partial charge in [-0.25, -0.2) is 4.79 Å². The fourth-order valence-electron chi connectivity index (χ4n) is 1.32. The molecule has 0 aliphatic rings. The Morgan fingerprint density at radius 2 is 1.70 bits per heavy atom. The second kappa shape index (κ2) is 8.10. The van der Waals surface area contributed by atoms with E-state index >= 15 is 0 Å². The summed E-state index contributed by atoms with van der Waals surface area (Å²) in [5.41, 5.74) is 5.28. The van der Waals surface area contributed by atoms with E-state index in [2.05, 4.69) is 10.6 Å². The molecule has 9 heteroatoms. The summed E-state index contributed by atoms with van der Waals surface area (Å²) in [7, 11) is 0. The van der Waals surface area contributed by atoms with E-state index in [1.165, 1.54) is 0 Å².